The van der Waals surface area contributed by atoms with E-state index >= 15 is 0 Å². The van der Waals surface area contributed by atoms with E-state index in [1.54, 1.807) is 25.1 Å². The molecule has 8 heteroatoms. The van der Waals surface area contributed by atoms with Crippen LogP contribution in [0.5, 0.6) is 0 Å². The largest absolute Gasteiger partial charge is 0.477 e. The van der Waals surface area contributed by atoms with Gasteiger partial charge in [-0.25, -0.2) is 14.2 Å². The Morgan fingerprint density at radius 3 is 2.84 bits per heavy atom. The van der Waals surface area contributed by atoms with E-state index in [2.05, 4.69) is 4.98 Å². The number of nitrogens with zero attached hydrogens (tertiary/aromatic N) is 2. The number of fused-ring (bicyclic) bond motifs is 1. The Balaban J connectivity index is 2.21. The zero-order valence-electron chi connectivity index (χ0n) is 13.3. The summed E-state index contributed by atoms with van der Waals surface area (Å²) < 4.78 is 14.2. The van der Waals surface area contributed by atoms with Crippen molar-refractivity contribution in [2.45, 2.75) is 19.9 Å². The van der Waals surface area contributed by atoms with E-state index in [4.69, 9.17) is 11.6 Å². The number of alkyl halides is 1. The lowest BCUT2D eigenvalue weighted by Crippen LogP contribution is -2.26. The van der Waals surface area contributed by atoms with E-state index in [0.717, 1.165) is 16.9 Å². The quantitative estimate of drug-likeness (QED) is 0.732. The van der Waals surface area contributed by atoms with Crippen LogP contribution < -0.4 is 5.56 Å². The molecule has 0 spiro atoms. The Morgan fingerprint density at radius 1 is 1.44 bits per heavy atom. The number of halogens is 2. The van der Waals surface area contributed by atoms with Crippen LogP contribution in [0.2, 0.25) is 5.02 Å². The fraction of sp³-hybridized carbons (Fsp3) is 0.235. The molecule has 0 fully saturated rings. The van der Waals surface area contributed by atoms with Crippen molar-refractivity contribution in [2.24, 2.45) is 0 Å². The molecule has 130 valence electrons. The van der Waals surface area contributed by atoms with Crippen LogP contribution in [0.4, 0.5) is 4.39 Å². The molecule has 2 aromatic heterocycles. The van der Waals surface area contributed by atoms with Gasteiger partial charge in [-0.1, -0.05) is 23.7 Å². The summed E-state index contributed by atoms with van der Waals surface area (Å²) in [6.45, 7) is 0.724. The second-order valence-electron chi connectivity index (χ2n) is 5.52. The van der Waals surface area contributed by atoms with Gasteiger partial charge in [-0.15, -0.1) is 11.3 Å². The lowest BCUT2D eigenvalue weighted by atomic mass is 10.1. The van der Waals surface area contributed by atoms with Gasteiger partial charge in [-0.2, -0.15) is 0 Å². The van der Waals surface area contributed by atoms with Crippen molar-refractivity contribution < 1.29 is 14.3 Å². The van der Waals surface area contributed by atoms with E-state index < -0.39 is 18.2 Å². The Hall–Kier alpha value is -2.25. The minimum absolute atomic E-state index is 0.0753. The lowest BCUT2D eigenvalue weighted by molar-refractivity contribution is 0.0701. The molecule has 0 aliphatic heterocycles. The molecule has 2 heterocycles. The maximum atomic E-state index is 13.0. The number of carbonyl (C=O) groups is 1. The fourth-order valence-corrected chi connectivity index (χ4v) is 3.98. The highest BCUT2D eigenvalue weighted by atomic mass is 35.5. The Morgan fingerprint density at radius 2 is 2.20 bits per heavy atom. The Bertz CT molecular complexity index is 1030. The first kappa shape index (κ1) is 17.6. The van der Waals surface area contributed by atoms with Crippen molar-refractivity contribution in [3.8, 4) is 0 Å². The van der Waals surface area contributed by atoms with Gasteiger partial charge in [-0.3, -0.25) is 9.36 Å². The van der Waals surface area contributed by atoms with Crippen molar-refractivity contribution in [2.75, 3.05) is 6.67 Å². The average molecular weight is 381 g/mol. The van der Waals surface area contributed by atoms with Gasteiger partial charge in [0.2, 0.25) is 0 Å². The molecule has 0 aliphatic rings. The van der Waals surface area contributed by atoms with Crippen LogP contribution >= 0.6 is 22.9 Å². The minimum atomic E-state index is -1.10. The standard InChI is InChI=1S/C17H14ClFN2O3S/c1-9-13-15(25-14(9)17(23)24)20-12(21(6-5-19)16(13)22)8-10-3-2-4-11(18)7-10/h2-4,7H,5-6,8H2,1H3,(H,23,24). The second kappa shape index (κ2) is 6.93. The molecule has 3 aromatic rings. The number of carboxylic acids is 1. The summed E-state index contributed by atoms with van der Waals surface area (Å²) in [6, 6.07) is 7.11. The maximum Gasteiger partial charge on any atom is 0.346 e. The van der Waals surface area contributed by atoms with Crippen molar-refractivity contribution >= 4 is 39.1 Å². The zero-order chi connectivity index (χ0) is 18.1. The summed E-state index contributed by atoms with van der Waals surface area (Å²) in [4.78, 5) is 29.0. The number of hydrogen-bond acceptors (Lipinski definition) is 4. The first-order valence-corrected chi connectivity index (χ1v) is 8.68. The predicted octanol–water partition coefficient (Wildman–Crippen LogP) is 3.68. The molecule has 0 amide bonds. The van der Waals surface area contributed by atoms with Crippen LogP contribution in [0.1, 0.15) is 26.6 Å². The van der Waals surface area contributed by atoms with Gasteiger partial charge in [0.25, 0.3) is 5.56 Å². The van der Waals surface area contributed by atoms with Crippen LogP contribution in [0, 0.1) is 6.92 Å². The summed E-state index contributed by atoms with van der Waals surface area (Å²) in [5, 5.41) is 10.1. The maximum absolute atomic E-state index is 13.0. The third kappa shape index (κ3) is 3.29. The third-order valence-corrected chi connectivity index (χ3v) is 5.29. The van der Waals surface area contributed by atoms with Gasteiger partial charge < -0.3 is 5.11 Å². The topological polar surface area (TPSA) is 72.2 Å². The van der Waals surface area contributed by atoms with Gasteiger partial charge in [0.15, 0.2) is 0 Å². The highest BCUT2D eigenvalue weighted by molar-refractivity contribution is 7.20. The van der Waals surface area contributed by atoms with E-state index in [9.17, 15) is 19.1 Å². The summed E-state index contributed by atoms with van der Waals surface area (Å²) in [5.74, 6) is -0.719. The van der Waals surface area contributed by atoms with Crippen LogP contribution in [0.25, 0.3) is 10.2 Å². The molecule has 0 saturated heterocycles. The molecular formula is C17H14ClFN2O3S. The van der Waals surface area contributed by atoms with Gasteiger partial charge in [0, 0.05) is 11.4 Å². The predicted molar refractivity (Wildman–Crippen MR) is 95.8 cm³/mol. The first-order valence-electron chi connectivity index (χ1n) is 7.49. The van der Waals surface area contributed by atoms with Gasteiger partial charge in [0.05, 0.1) is 11.9 Å². The van der Waals surface area contributed by atoms with Crippen molar-refractivity contribution in [3.05, 3.63) is 61.5 Å². The Kier molecular flexibility index (Phi) is 4.87. The smallest absolute Gasteiger partial charge is 0.346 e. The first-order chi connectivity index (χ1) is 11.9. The highest BCUT2D eigenvalue weighted by Gasteiger charge is 2.21. The van der Waals surface area contributed by atoms with Gasteiger partial charge in [-0.05, 0) is 30.2 Å². The van der Waals surface area contributed by atoms with Crippen LogP contribution in [-0.4, -0.2) is 27.3 Å². The van der Waals surface area contributed by atoms with Gasteiger partial charge in [0.1, 0.15) is 22.2 Å². The van der Waals surface area contributed by atoms with E-state index in [1.807, 2.05) is 6.07 Å². The molecule has 0 atom stereocenters. The minimum Gasteiger partial charge on any atom is -0.477 e. The van der Waals surface area contributed by atoms with Crippen LogP contribution in [-0.2, 0) is 13.0 Å². The van der Waals surface area contributed by atoms with Crippen molar-refractivity contribution in [1.29, 1.82) is 0 Å². The number of hydrogen-bond donors (Lipinski definition) is 1. The van der Waals surface area contributed by atoms with E-state index in [1.165, 1.54) is 4.57 Å². The SMILES string of the molecule is Cc1c(C(=O)O)sc2nc(Cc3cccc(Cl)c3)n(CCF)c(=O)c12. The molecule has 3 rings (SSSR count). The number of aromatic nitrogens is 2. The van der Waals surface area contributed by atoms with Crippen LogP contribution in [0.3, 0.4) is 0 Å². The van der Waals surface area contributed by atoms with Crippen molar-refractivity contribution in [3.63, 3.8) is 0 Å². The highest BCUT2D eigenvalue weighted by Crippen LogP contribution is 2.27. The second-order valence-corrected chi connectivity index (χ2v) is 6.96. The van der Waals surface area contributed by atoms with E-state index in [-0.39, 0.29) is 16.8 Å². The van der Waals surface area contributed by atoms with Crippen LogP contribution in [0.15, 0.2) is 29.1 Å². The molecule has 1 aromatic carbocycles. The summed E-state index contributed by atoms with van der Waals surface area (Å²) >= 11 is 6.94. The molecule has 0 radical (unpaired) electrons. The number of carboxylic acid groups (broad SMARTS) is 1. The molecule has 5 nitrogen and oxygen atoms in total. The summed E-state index contributed by atoms with van der Waals surface area (Å²) in [7, 11) is 0. The molecule has 0 unspecified atom stereocenters. The number of benzene rings is 1. The molecule has 0 bridgehead atoms. The summed E-state index contributed by atoms with van der Waals surface area (Å²) in [5.41, 5.74) is 0.783. The monoisotopic (exact) mass is 380 g/mol. The third-order valence-electron chi connectivity index (χ3n) is 3.88. The van der Waals surface area contributed by atoms with E-state index in [0.29, 0.717) is 27.7 Å². The van der Waals surface area contributed by atoms with Crippen molar-refractivity contribution in [1.82, 2.24) is 9.55 Å². The molecule has 0 saturated carbocycles. The molecule has 0 aliphatic carbocycles. The lowest BCUT2D eigenvalue weighted by Gasteiger charge is -2.11. The van der Waals surface area contributed by atoms with Gasteiger partial charge >= 0.3 is 5.97 Å². The Labute approximate surface area is 151 Å². The normalized spacial score (nSPS) is 11.2. The molecule has 1 N–H and O–H groups in total. The fourth-order valence-electron chi connectivity index (χ4n) is 2.74. The average Bonchev–Trinajstić information content (AvgIpc) is 2.88. The number of aryl methyl sites for hydroxylation is 1. The summed E-state index contributed by atoms with van der Waals surface area (Å²) in [6.07, 6.45) is 0.297. The zero-order valence-corrected chi connectivity index (χ0v) is 14.8. The number of aromatic carboxylic acids is 1. The number of thiophene rings is 1. The molecular weight excluding hydrogens is 367 g/mol. The molecule has 25 heavy (non-hydrogen) atoms. The number of rotatable bonds is 5.